The van der Waals surface area contributed by atoms with Crippen molar-refractivity contribution in [3.05, 3.63) is 78.6 Å². The van der Waals surface area contributed by atoms with E-state index in [1.54, 1.807) is 25.2 Å². The molecule has 0 spiro atoms. The number of hydrogen-bond acceptors (Lipinski definition) is 3. The van der Waals surface area contributed by atoms with Crippen LogP contribution >= 0.6 is 0 Å². The SMILES string of the molecule is C=C/C=C1\C(=C/C=C)Oc2ccccc2C1NC(=O)OCC. The van der Waals surface area contributed by atoms with Gasteiger partial charge in [0.1, 0.15) is 11.5 Å². The van der Waals surface area contributed by atoms with E-state index in [1.165, 1.54) is 0 Å². The van der Waals surface area contributed by atoms with Crippen LogP contribution in [0.5, 0.6) is 5.75 Å². The Morgan fingerprint density at radius 3 is 2.73 bits per heavy atom. The van der Waals surface area contributed by atoms with Gasteiger partial charge in [-0.25, -0.2) is 4.79 Å². The lowest BCUT2D eigenvalue weighted by Gasteiger charge is -2.30. The molecule has 1 atom stereocenters. The summed E-state index contributed by atoms with van der Waals surface area (Å²) in [5.74, 6) is 1.31. The number of amides is 1. The second-order valence-electron chi connectivity index (χ2n) is 4.56. The van der Waals surface area contributed by atoms with E-state index in [4.69, 9.17) is 9.47 Å². The number of fused-ring (bicyclic) bond motifs is 1. The minimum absolute atomic E-state index is 0.312. The van der Waals surface area contributed by atoms with Gasteiger partial charge < -0.3 is 14.8 Å². The van der Waals surface area contributed by atoms with E-state index in [2.05, 4.69) is 18.5 Å². The van der Waals surface area contributed by atoms with Crippen molar-refractivity contribution in [2.75, 3.05) is 6.61 Å². The molecule has 0 bridgehead atoms. The second kappa shape index (κ2) is 7.31. The van der Waals surface area contributed by atoms with Crippen molar-refractivity contribution in [1.82, 2.24) is 5.32 Å². The standard InChI is InChI=1S/C18H19NO3/c1-4-9-13-15(10-5-2)22-16-12-8-7-11-14(16)17(13)19-18(20)21-6-3/h4-5,7-12,17H,1-2,6H2,3H3,(H,19,20)/b13-9+,15-10+. The third-order valence-corrected chi connectivity index (χ3v) is 3.15. The molecule has 1 aliphatic heterocycles. The van der Waals surface area contributed by atoms with Gasteiger partial charge in [0.15, 0.2) is 0 Å². The first kappa shape index (κ1) is 15.6. The first-order chi connectivity index (χ1) is 10.7. The number of nitrogens with one attached hydrogen (secondary N) is 1. The number of alkyl carbamates (subject to hydrolysis) is 1. The maximum Gasteiger partial charge on any atom is 0.407 e. The highest BCUT2D eigenvalue weighted by Gasteiger charge is 2.30. The zero-order chi connectivity index (χ0) is 15.9. The van der Waals surface area contributed by atoms with Crippen LogP contribution in [-0.4, -0.2) is 12.7 Å². The monoisotopic (exact) mass is 297 g/mol. The third kappa shape index (κ3) is 3.28. The number of hydrogen-bond donors (Lipinski definition) is 1. The molecule has 1 amide bonds. The summed E-state index contributed by atoms with van der Waals surface area (Å²) in [5, 5.41) is 2.87. The quantitative estimate of drug-likeness (QED) is 0.912. The number of benzene rings is 1. The fourth-order valence-electron chi connectivity index (χ4n) is 2.29. The molecule has 0 saturated carbocycles. The molecule has 0 aromatic heterocycles. The fraction of sp³-hybridized carbons (Fsp3) is 0.167. The molecule has 1 unspecified atom stereocenters. The zero-order valence-corrected chi connectivity index (χ0v) is 12.5. The molecule has 114 valence electrons. The molecule has 0 saturated heterocycles. The number of ether oxygens (including phenoxy) is 2. The Balaban J connectivity index is 2.49. The van der Waals surface area contributed by atoms with Crippen molar-refractivity contribution >= 4 is 6.09 Å². The summed E-state index contributed by atoms with van der Waals surface area (Å²) in [6.07, 6.45) is 6.38. The third-order valence-electron chi connectivity index (χ3n) is 3.15. The summed E-state index contributed by atoms with van der Waals surface area (Å²) < 4.78 is 10.9. The van der Waals surface area contributed by atoms with E-state index in [0.29, 0.717) is 18.1 Å². The van der Waals surface area contributed by atoms with Gasteiger partial charge in [-0.3, -0.25) is 0 Å². The van der Waals surface area contributed by atoms with Crippen LogP contribution in [-0.2, 0) is 4.74 Å². The Morgan fingerprint density at radius 2 is 2.05 bits per heavy atom. The highest BCUT2D eigenvalue weighted by atomic mass is 16.5. The molecule has 22 heavy (non-hydrogen) atoms. The van der Waals surface area contributed by atoms with Gasteiger partial charge in [-0.1, -0.05) is 49.6 Å². The van der Waals surface area contributed by atoms with Crippen molar-refractivity contribution in [1.29, 1.82) is 0 Å². The highest BCUT2D eigenvalue weighted by molar-refractivity contribution is 5.70. The molecule has 1 aliphatic rings. The smallest absolute Gasteiger partial charge is 0.407 e. The van der Waals surface area contributed by atoms with Gasteiger partial charge in [0.05, 0.1) is 12.6 Å². The normalized spacial score (nSPS) is 20.0. The number of carbonyl (C=O) groups excluding carboxylic acids is 1. The zero-order valence-electron chi connectivity index (χ0n) is 12.5. The maximum absolute atomic E-state index is 11.9. The van der Waals surface area contributed by atoms with Crippen molar-refractivity contribution in [2.45, 2.75) is 13.0 Å². The summed E-state index contributed by atoms with van der Waals surface area (Å²) in [6, 6.07) is 7.18. The second-order valence-corrected chi connectivity index (χ2v) is 4.56. The molecule has 0 aliphatic carbocycles. The van der Waals surface area contributed by atoms with Gasteiger partial charge in [0, 0.05) is 11.1 Å². The van der Waals surface area contributed by atoms with Crippen LogP contribution in [0.15, 0.2) is 73.1 Å². The fourth-order valence-corrected chi connectivity index (χ4v) is 2.29. The van der Waals surface area contributed by atoms with Gasteiger partial charge in [-0.2, -0.15) is 0 Å². The van der Waals surface area contributed by atoms with Crippen LogP contribution in [0.4, 0.5) is 4.79 Å². The highest BCUT2D eigenvalue weighted by Crippen LogP contribution is 2.40. The lowest BCUT2D eigenvalue weighted by molar-refractivity contribution is 0.148. The molecule has 1 aromatic rings. The Bertz CT molecular complexity index is 643. The van der Waals surface area contributed by atoms with Crippen LogP contribution in [0.2, 0.25) is 0 Å². The predicted molar refractivity (Wildman–Crippen MR) is 86.5 cm³/mol. The van der Waals surface area contributed by atoms with E-state index < -0.39 is 6.09 Å². The van der Waals surface area contributed by atoms with E-state index >= 15 is 0 Å². The average molecular weight is 297 g/mol. The van der Waals surface area contributed by atoms with Crippen molar-refractivity contribution in [3.63, 3.8) is 0 Å². The molecule has 0 radical (unpaired) electrons. The van der Waals surface area contributed by atoms with E-state index in [1.807, 2.05) is 30.3 Å². The largest absolute Gasteiger partial charge is 0.457 e. The molecular weight excluding hydrogens is 278 g/mol. The van der Waals surface area contributed by atoms with E-state index in [-0.39, 0.29) is 6.04 Å². The van der Waals surface area contributed by atoms with Gasteiger partial charge in [-0.15, -0.1) is 0 Å². The molecular formula is C18H19NO3. The number of para-hydroxylation sites is 1. The van der Waals surface area contributed by atoms with Gasteiger partial charge in [0.2, 0.25) is 0 Å². The topological polar surface area (TPSA) is 47.6 Å². The first-order valence-corrected chi connectivity index (χ1v) is 7.07. The van der Waals surface area contributed by atoms with E-state index in [9.17, 15) is 4.79 Å². The van der Waals surface area contributed by atoms with Crippen LogP contribution in [0.25, 0.3) is 0 Å². The van der Waals surface area contributed by atoms with Crippen LogP contribution in [0, 0.1) is 0 Å². The van der Waals surface area contributed by atoms with Gasteiger partial charge >= 0.3 is 6.09 Å². The first-order valence-electron chi connectivity index (χ1n) is 7.07. The van der Waals surface area contributed by atoms with Crippen LogP contribution in [0.1, 0.15) is 18.5 Å². The molecule has 4 heteroatoms. The van der Waals surface area contributed by atoms with E-state index in [0.717, 1.165) is 11.1 Å². The van der Waals surface area contributed by atoms with Crippen molar-refractivity contribution < 1.29 is 14.3 Å². The van der Waals surface area contributed by atoms with Gasteiger partial charge in [0.25, 0.3) is 0 Å². The van der Waals surface area contributed by atoms with Crippen molar-refractivity contribution in [3.8, 4) is 5.75 Å². The Morgan fingerprint density at radius 1 is 1.32 bits per heavy atom. The van der Waals surface area contributed by atoms with Gasteiger partial charge in [-0.05, 0) is 19.1 Å². The summed E-state index contributed by atoms with van der Waals surface area (Å²) >= 11 is 0. The number of allylic oxidation sites excluding steroid dienone is 4. The summed E-state index contributed by atoms with van der Waals surface area (Å²) in [4.78, 5) is 11.9. The minimum atomic E-state index is -0.475. The number of rotatable bonds is 4. The summed E-state index contributed by atoms with van der Waals surface area (Å²) in [6.45, 7) is 9.50. The van der Waals surface area contributed by atoms with Crippen LogP contribution in [0.3, 0.4) is 0 Å². The lowest BCUT2D eigenvalue weighted by atomic mass is 9.93. The lowest BCUT2D eigenvalue weighted by Crippen LogP contribution is -2.33. The Kier molecular flexibility index (Phi) is 5.20. The summed E-state index contributed by atoms with van der Waals surface area (Å²) in [7, 11) is 0. The number of carbonyl (C=O) groups is 1. The Labute approximate surface area is 130 Å². The van der Waals surface area contributed by atoms with Crippen LogP contribution < -0.4 is 10.1 Å². The summed E-state index contributed by atoms with van der Waals surface area (Å²) in [5.41, 5.74) is 1.66. The molecule has 2 rings (SSSR count). The molecule has 4 nitrogen and oxygen atoms in total. The van der Waals surface area contributed by atoms with Crippen molar-refractivity contribution in [2.24, 2.45) is 0 Å². The minimum Gasteiger partial charge on any atom is -0.457 e. The molecule has 1 heterocycles. The average Bonchev–Trinajstić information content (AvgIpc) is 2.51. The molecule has 1 N–H and O–H groups in total. The maximum atomic E-state index is 11.9. The predicted octanol–water partition coefficient (Wildman–Crippen LogP) is 4.05. The Hall–Kier alpha value is -2.75. The molecule has 1 aromatic carbocycles. The molecule has 0 fully saturated rings.